The van der Waals surface area contributed by atoms with Gasteiger partial charge in [0.1, 0.15) is 6.61 Å². The average Bonchev–Trinajstić information content (AvgIpc) is 2.58. The normalized spacial score (nSPS) is 24.5. The molecule has 0 N–H and O–H groups in total. The van der Waals surface area contributed by atoms with Gasteiger partial charge >= 0.3 is 5.97 Å². The van der Waals surface area contributed by atoms with Crippen LogP contribution in [0.4, 0.5) is 0 Å². The molecule has 0 bridgehead atoms. The van der Waals surface area contributed by atoms with Gasteiger partial charge in [0.25, 0.3) is 10.1 Å². The number of esters is 1. The number of hydrogen-bond acceptors (Lipinski definition) is 6. The molecule has 0 heterocycles. The van der Waals surface area contributed by atoms with Crippen molar-refractivity contribution in [2.75, 3.05) is 20.0 Å². The van der Waals surface area contributed by atoms with Gasteiger partial charge in [0.05, 0.1) is 24.9 Å². The smallest absolute Gasteiger partial charge is 0.309 e. The summed E-state index contributed by atoms with van der Waals surface area (Å²) in [6.45, 7) is 0.188. The van der Waals surface area contributed by atoms with Crippen LogP contribution in [-0.2, 0) is 35.2 Å². The molecule has 134 valence electrons. The summed E-state index contributed by atoms with van der Waals surface area (Å²) in [6, 6.07) is 9.44. The van der Waals surface area contributed by atoms with Gasteiger partial charge in [-0.25, -0.2) is 0 Å². The van der Waals surface area contributed by atoms with Crippen LogP contribution in [0, 0.1) is 11.8 Å². The minimum Gasteiger partial charge on any atom is -0.461 e. The number of ether oxygens (including phenoxy) is 2. The van der Waals surface area contributed by atoms with Crippen LogP contribution in [0.1, 0.15) is 24.8 Å². The van der Waals surface area contributed by atoms with Crippen molar-refractivity contribution in [2.24, 2.45) is 11.8 Å². The van der Waals surface area contributed by atoms with Gasteiger partial charge < -0.3 is 9.47 Å². The summed E-state index contributed by atoms with van der Waals surface area (Å²) < 4.78 is 38.2. The second-order valence-corrected chi connectivity index (χ2v) is 7.76. The maximum atomic E-state index is 12.4. The Labute approximate surface area is 143 Å². The zero-order chi connectivity index (χ0) is 17.6. The van der Waals surface area contributed by atoms with Crippen molar-refractivity contribution in [1.29, 1.82) is 0 Å². The lowest BCUT2D eigenvalue weighted by Gasteiger charge is -2.33. The van der Waals surface area contributed by atoms with Crippen LogP contribution in [0.3, 0.4) is 0 Å². The Morgan fingerprint density at radius 2 is 1.92 bits per heavy atom. The number of rotatable bonds is 7. The third kappa shape index (κ3) is 5.89. The van der Waals surface area contributed by atoms with Crippen LogP contribution >= 0.6 is 0 Å². The zero-order valence-electron chi connectivity index (χ0n) is 14.0. The predicted molar refractivity (Wildman–Crippen MR) is 88.7 cm³/mol. The summed E-state index contributed by atoms with van der Waals surface area (Å²) >= 11 is 0. The lowest BCUT2D eigenvalue weighted by atomic mass is 9.78. The Morgan fingerprint density at radius 1 is 1.21 bits per heavy atom. The fraction of sp³-hybridized carbons (Fsp3) is 0.588. The lowest BCUT2D eigenvalue weighted by Crippen LogP contribution is -2.37. The summed E-state index contributed by atoms with van der Waals surface area (Å²) in [6.07, 6.45) is 2.95. The van der Waals surface area contributed by atoms with Crippen molar-refractivity contribution in [3.8, 4) is 0 Å². The van der Waals surface area contributed by atoms with Crippen LogP contribution in [0.5, 0.6) is 0 Å². The largest absolute Gasteiger partial charge is 0.461 e. The van der Waals surface area contributed by atoms with Gasteiger partial charge in [-0.1, -0.05) is 30.3 Å². The van der Waals surface area contributed by atoms with Crippen molar-refractivity contribution < 1.29 is 26.9 Å². The molecule has 1 aromatic rings. The van der Waals surface area contributed by atoms with Crippen LogP contribution in [-0.4, -0.2) is 40.5 Å². The molecule has 0 saturated heterocycles. The molecular formula is C17H24O6S. The molecule has 0 spiro atoms. The van der Waals surface area contributed by atoms with E-state index in [2.05, 4.69) is 0 Å². The van der Waals surface area contributed by atoms with Gasteiger partial charge in [-0.3, -0.25) is 8.98 Å². The monoisotopic (exact) mass is 356 g/mol. The molecule has 0 unspecified atom stereocenters. The molecule has 1 aliphatic carbocycles. The van der Waals surface area contributed by atoms with Crippen molar-refractivity contribution in [2.45, 2.75) is 32.0 Å². The summed E-state index contributed by atoms with van der Waals surface area (Å²) in [5.74, 6) is -0.918. The van der Waals surface area contributed by atoms with Crippen LogP contribution in [0.15, 0.2) is 30.3 Å². The molecule has 24 heavy (non-hydrogen) atoms. The van der Waals surface area contributed by atoms with Gasteiger partial charge in [-0.05, 0) is 30.7 Å². The molecule has 1 aromatic carbocycles. The Kier molecular flexibility index (Phi) is 6.77. The van der Waals surface area contributed by atoms with E-state index in [0.29, 0.717) is 12.8 Å². The number of benzene rings is 1. The molecule has 3 atom stereocenters. The van der Waals surface area contributed by atoms with Gasteiger partial charge in [-0.2, -0.15) is 8.42 Å². The predicted octanol–water partition coefficient (Wildman–Crippen LogP) is 2.14. The summed E-state index contributed by atoms with van der Waals surface area (Å²) in [5, 5.41) is 0. The number of methoxy groups -OCH3 is 1. The molecule has 1 aliphatic rings. The van der Waals surface area contributed by atoms with Crippen LogP contribution in [0.2, 0.25) is 0 Å². The van der Waals surface area contributed by atoms with Crippen LogP contribution in [0.25, 0.3) is 0 Å². The maximum Gasteiger partial charge on any atom is 0.309 e. The highest BCUT2D eigenvalue weighted by atomic mass is 32.2. The molecule has 0 aromatic heterocycles. The first kappa shape index (κ1) is 18.9. The second kappa shape index (κ2) is 8.60. The highest BCUT2D eigenvalue weighted by Crippen LogP contribution is 2.33. The van der Waals surface area contributed by atoms with Gasteiger partial charge in [0.2, 0.25) is 0 Å². The minimum absolute atomic E-state index is 0.0105. The highest BCUT2D eigenvalue weighted by Gasteiger charge is 2.37. The molecule has 2 rings (SSSR count). The molecule has 1 fully saturated rings. The maximum absolute atomic E-state index is 12.4. The fourth-order valence-electron chi connectivity index (χ4n) is 2.98. The first-order valence-corrected chi connectivity index (χ1v) is 9.78. The van der Waals surface area contributed by atoms with Crippen molar-refractivity contribution in [3.05, 3.63) is 35.9 Å². The Balaban J connectivity index is 1.97. The third-order valence-electron chi connectivity index (χ3n) is 4.29. The summed E-state index contributed by atoms with van der Waals surface area (Å²) in [4.78, 5) is 12.4. The number of carbonyl (C=O) groups is 1. The molecular weight excluding hydrogens is 332 g/mol. The van der Waals surface area contributed by atoms with E-state index in [-0.39, 0.29) is 37.1 Å². The van der Waals surface area contributed by atoms with Crippen molar-refractivity contribution in [3.63, 3.8) is 0 Å². The van der Waals surface area contributed by atoms with Crippen molar-refractivity contribution >= 4 is 16.1 Å². The Bertz CT molecular complexity index is 628. The highest BCUT2D eigenvalue weighted by molar-refractivity contribution is 7.85. The van der Waals surface area contributed by atoms with E-state index in [1.807, 2.05) is 30.3 Å². The first-order valence-electron chi connectivity index (χ1n) is 7.97. The first-order chi connectivity index (χ1) is 11.4. The van der Waals surface area contributed by atoms with Crippen molar-refractivity contribution in [1.82, 2.24) is 0 Å². The average molecular weight is 356 g/mol. The number of carbonyl (C=O) groups excluding carboxylic acids is 1. The van der Waals surface area contributed by atoms with Gasteiger partial charge in [0, 0.05) is 7.11 Å². The molecule has 0 aliphatic heterocycles. The third-order valence-corrected chi connectivity index (χ3v) is 4.85. The second-order valence-electron chi connectivity index (χ2n) is 6.12. The van der Waals surface area contributed by atoms with E-state index < -0.39 is 10.1 Å². The van der Waals surface area contributed by atoms with E-state index in [0.717, 1.165) is 18.2 Å². The fourth-order valence-corrected chi connectivity index (χ4v) is 3.40. The minimum atomic E-state index is -3.55. The number of hydrogen-bond donors (Lipinski definition) is 0. The summed E-state index contributed by atoms with van der Waals surface area (Å²) in [5.41, 5.74) is 0.917. The zero-order valence-corrected chi connectivity index (χ0v) is 14.8. The Morgan fingerprint density at radius 3 is 2.54 bits per heavy atom. The Hall–Kier alpha value is -1.44. The molecule has 6 nitrogen and oxygen atoms in total. The quantitative estimate of drug-likeness (QED) is 0.550. The van der Waals surface area contributed by atoms with E-state index in [1.165, 1.54) is 0 Å². The SMILES string of the molecule is CO[C@@H]1CC[C@H](C(=O)OCc2ccccc2)[C@H](COS(C)(=O)=O)C1. The van der Waals surface area contributed by atoms with E-state index in [1.54, 1.807) is 7.11 Å². The van der Waals surface area contributed by atoms with Gasteiger partial charge in [-0.15, -0.1) is 0 Å². The molecule has 7 heteroatoms. The van der Waals surface area contributed by atoms with E-state index >= 15 is 0 Å². The lowest BCUT2D eigenvalue weighted by molar-refractivity contribution is -0.155. The van der Waals surface area contributed by atoms with E-state index in [9.17, 15) is 13.2 Å². The summed E-state index contributed by atoms with van der Waals surface area (Å²) in [7, 11) is -1.93. The molecule has 0 radical (unpaired) electrons. The molecule has 1 saturated carbocycles. The van der Waals surface area contributed by atoms with Crippen LogP contribution < -0.4 is 0 Å². The van der Waals surface area contributed by atoms with Gasteiger partial charge in [0.15, 0.2) is 0 Å². The standard InChI is InChI=1S/C17H24O6S/c1-21-15-8-9-16(14(10-15)12-23-24(2,19)20)17(18)22-11-13-6-4-3-5-7-13/h3-7,14-16H,8-12H2,1-2H3/t14-,15+,16-/m0/s1. The van der Waals surface area contributed by atoms with E-state index in [4.69, 9.17) is 13.7 Å². The molecule has 0 amide bonds. The topological polar surface area (TPSA) is 78.9 Å².